The number of hydrogen-bond donors (Lipinski definition) is 2. The molecule has 0 unspecified atom stereocenters. The smallest absolute Gasteiger partial charge is 0.322 e. The Bertz CT molecular complexity index is 571. The van der Waals surface area contributed by atoms with E-state index in [4.69, 9.17) is 4.74 Å². The van der Waals surface area contributed by atoms with Crippen LogP contribution >= 0.6 is 0 Å². The number of halogens is 2. The van der Waals surface area contributed by atoms with Gasteiger partial charge in [0.1, 0.15) is 23.1 Å². The number of ether oxygens (including phenoxy) is 1. The van der Waals surface area contributed by atoms with E-state index in [0.717, 1.165) is 12.1 Å². The Morgan fingerprint density at radius 3 is 2.30 bits per heavy atom. The largest absolute Gasteiger partial charge is 0.473 e. The molecule has 2 amide bonds. The van der Waals surface area contributed by atoms with E-state index in [1.807, 2.05) is 6.07 Å². The van der Waals surface area contributed by atoms with Crippen molar-refractivity contribution in [3.63, 3.8) is 0 Å². The molecule has 2 rings (SSSR count). The van der Waals surface area contributed by atoms with Crippen molar-refractivity contribution >= 4 is 11.7 Å². The van der Waals surface area contributed by atoms with Gasteiger partial charge in [0, 0.05) is 0 Å². The molecule has 104 valence electrons. The van der Waals surface area contributed by atoms with Crippen LogP contribution in [0.15, 0.2) is 48.5 Å². The molecule has 0 spiro atoms. The van der Waals surface area contributed by atoms with Gasteiger partial charge in [0.2, 0.25) is 0 Å². The highest BCUT2D eigenvalue weighted by molar-refractivity contribution is 5.89. The van der Waals surface area contributed by atoms with Gasteiger partial charge in [-0.1, -0.05) is 24.3 Å². The average Bonchev–Trinajstić information content (AvgIpc) is 2.44. The van der Waals surface area contributed by atoms with Crippen LogP contribution in [-0.2, 0) is 0 Å². The van der Waals surface area contributed by atoms with Crippen LogP contribution in [0.4, 0.5) is 19.3 Å². The van der Waals surface area contributed by atoms with E-state index in [9.17, 15) is 13.6 Å². The monoisotopic (exact) mass is 278 g/mol. The first kappa shape index (κ1) is 13.8. The lowest BCUT2D eigenvalue weighted by Crippen LogP contribution is -2.32. The van der Waals surface area contributed by atoms with Crippen molar-refractivity contribution in [1.29, 1.82) is 0 Å². The van der Waals surface area contributed by atoms with Crippen LogP contribution in [0.3, 0.4) is 0 Å². The summed E-state index contributed by atoms with van der Waals surface area (Å²) in [5, 5.41) is 4.41. The van der Waals surface area contributed by atoms with Crippen molar-refractivity contribution < 1.29 is 18.3 Å². The fourth-order valence-electron chi connectivity index (χ4n) is 1.48. The van der Waals surface area contributed by atoms with E-state index in [-0.39, 0.29) is 6.73 Å². The van der Waals surface area contributed by atoms with Gasteiger partial charge < -0.3 is 15.4 Å². The molecule has 2 aromatic carbocycles. The topological polar surface area (TPSA) is 50.4 Å². The molecule has 0 bridgehead atoms. The van der Waals surface area contributed by atoms with Gasteiger partial charge in [0.25, 0.3) is 0 Å². The summed E-state index contributed by atoms with van der Waals surface area (Å²) >= 11 is 0. The van der Waals surface area contributed by atoms with Crippen LogP contribution in [0, 0.1) is 11.6 Å². The Labute approximate surface area is 114 Å². The van der Waals surface area contributed by atoms with Gasteiger partial charge in [0.15, 0.2) is 6.73 Å². The Balaban J connectivity index is 1.84. The van der Waals surface area contributed by atoms with Crippen LogP contribution in [0.1, 0.15) is 0 Å². The number of benzene rings is 2. The van der Waals surface area contributed by atoms with Crippen LogP contribution < -0.4 is 15.4 Å². The van der Waals surface area contributed by atoms with Gasteiger partial charge >= 0.3 is 6.03 Å². The SMILES string of the molecule is O=C(NCOc1ccccc1)Nc1c(F)cccc1F. The zero-order valence-electron chi connectivity index (χ0n) is 10.4. The maximum Gasteiger partial charge on any atom is 0.322 e. The molecule has 0 aliphatic heterocycles. The van der Waals surface area contributed by atoms with E-state index in [0.29, 0.717) is 5.75 Å². The van der Waals surface area contributed by atoms with E-state index < -0.39 is 23.4 Å². The van der Waals surface area contributed by atoms with Crippen molar-refractivity contribution in [2.24, 2.45) is 0 Å². The molecule has 0 saturated heterocycles. The molecule has 0 heterocycles. The van der Waals surface area contributed by atoms with Crippen molar-refractivity contribution in [1.82, 2.24) is 5.32 Å². The summed E-state index contributed by atoms with van der Waals surface area (Å²) in [5.74, 6) is -1.11. The Morgan fingerprint density at radius 2 is 1.65 bits per heavy atom. The zero-order chi connectivity index (χ0) is 14.4. The van der Waals surface area contributed by atoms with Gasteiger partial charge in [-0.3, -0.25) is 0 Å². The first-order valence-electron chi connectivity index (χ1n) is 5.83. The molecule has 4 nitrogen and oxygen atoms in total. The van der Waals surface area contributed by atoms with Gasteiger partial charge in [-0.2, -0.15) is 0 Å². The molecule has 6 heteroatoms. The minimum absolute atomic E-state index is 0.119. The highest BCUT2D eigenvalue weighted by atomic mass is 19.1. The van der Waals surface area contributed by atoms with Crippen molar-refractivity contribution in [3.8, 4) is 5.75 Å². The second kappa shape index (κ2) is 6.51. The van der Waals surface area contributed by atoms with Crippen molar-refractivity contribution in [2.75, 3.05) is 12.0 Å². The number of amides is 2. The number of para-hydroxylation sites is 2. The van der Waals surface area contributed by atoms with E-state index in [1.165, 1.54) is 6.07 Å². The normalized spacial score (nSPS) is 9.90. The lowest BCUT2D eigenvalue weighted by atomic mass is 10.3. The number of carbonyl (C=O) groups excluding carboxylic acids is 1. The van der Waals surface area contributed by atoms with Gasteiger partial charge in [-0.25, -0.2) is 13.6 Å². The second-order valence-corrected chi connectivity index (χ2v) is 3.83. The number of rotatable bonds is 4. The summed E-state index contributed by atoms with van der Waals surface area (Å²) in [6.45, 7) is -0.119. The predicted molar refractivity (Wildman–Crippen MR) is 70.4 cm³/mol. The number of anilines is 1. The number of carbonyl (C=O) groups is 1. The van der Waals surface area contributed by atoms with Crippen LogP contribution in [0.5, 0.6) is 5.75 Å². The van der Waals surface area contributed by atoms with Gasteiger partial charge in [-0.05, 0) is 24.3 Å². The summed E-state index contributed by atoms with van der Waals surface area (Å²) in [7, 11) is 0. The summed E-state index contributed by atoms with van der Waals surface area (Å²) < 4.78 is 31.8. The zero-order valence-corrected chi connectivity index (χ0v) is 10.4. The fourth-order valence-corrected chi connectivity index (χ4v) is 1.48. The summed E-state index contributed by atoms with van der Waals surface area (Å²) in [6.07, 6.45) is 0. The molecule has 0 radical (unpaired) electrons. The van der Waals surface area contributed by atoms with E-state index in [1.54, 1.807) is 24.3 Å². The van der Waals surface area contributed by atoms with E-state index >= 15 is 0 Å². The quantitative estimate of drug-likeness (QED) is 0.844. The third-order valence-corrected chi connectivity index (χ3v) is 2.42. The molecule has 20 heavy (non-hydrogen) atoms. The molecule has 0 atom stereocenters. The van der Waals surface area contributed by atoms with Crippen LogP contribution in [-0.4, -0.2) is 12.8 Å². The maximum atomic E-state index is 13.3. The number of hydrogen-bond acceptors (Lipinski definition) is 2. The van der Waals surface area contributed by atoms with Crippen molar-refractivity contribution in [2.45, 2.75) is 0 Å². The third kappa shape index (κ3) is 3.68. The van der Waals surface area contributed by atoms with Crippen LogP contribution in [0.25, 0.3) is 0 Å². The summed E-state index contributed by atoms with van der Waals surface area (Å²) in [4.78, 5) is 11.5. The molecule has 2 N–H and O–H groups in total. The molecule has 2 aromatic rings. The Hall–Kier alpha value is -2.63. The van der Waals surface area contributed by atoms with Crippen LogP contribution in [0.2, 0.25) is 0 Å². The van der Waals surface area contributed by atoms with Crippen molar-refractivity contribution in [3.05, 3.63) is 60.2 Å². The lowest BCUT2D eigenvalue weighted by molar-refractivity contribution is 0.234. The standard InChI is InChI=1S/C14H12F2N2O2/c15-11-7-4-8-12(16)13(11)18-14(19)17-9-20-10-5-2-1-3-6-10/h1-8H,9H2,(H2,17,18,19). The first-order valence-corrected chi connectivity index (χ1v) is 5.83. The van der Waals surface area contributed by atoms with Gasteiger partial charge in [0.05, 0.1) is 0 Å². The fraction of sp³-hybridized carbons (Fsp3) is 0.0714. The molecular weight excluding hydrogens is 266 g/mol. The maximum absolute atomic E-state index is 13.3. The second-order valence-electron chi connectivity index (χ2n) is 3.83. The predicted octanol–water partition coefficient (Wildman–Crippen LogP) is 3.12. The molecule has 0 aliphatic rings. The molecule has 0 saturated carbocycles. The number of nitrogens with one attached hydrogen (secondary N) is 2. The summed E-state index contributed by atoms with van der Waals surface area (Å²) in [6, 6.07) is 11.4. The average molecular weight is 278 g/mol. The molecule has 0 aliphatic carbocycles. The first-order chi connectivity index (χ1) is 9.66. The molecule has 0 aromatic heterocycles. The third-order valence-electron chi connectivity index (χ3n) is 2.42. The highest BCUT2D eigenvalue weighted by Crippen LogP contribution is 2.17. The lowest BCUT2D eigenvalue weighted by Gasteiger charge is -2.10. The Morgan fingerprint density at radius 1 is 1.00 bits per heavy atom. The minimum atomic E-state index is -0.843. The van der Waals surface area contributed by atoms with E-state index in [2.05, 4.69) is 10.6 Å². The Kier molecular flexibility index (Phi) is 4.49. The minimum Gasteiger partial charge on any atom is -0.473 e. The molecule has 0 fully saturated rings. The van der Waals surface area contributed by atoms with Gasteiger partial charge in [-0.15, -0.1) is 0 Å². The number of urea groups is 1. The highest BCUT2D eigenvalue weighted by Gasteiger charge is 2.11. The molecular formula is C14H12F2N2O2. The summed E-state index contributed by atoms with van der Waals surface area (Å²) in [5.41, 5.74) is -0.496.